The molecule has 5 N–H and O–H groups in total. The molecule has 23 heavy (non-hydrogen) atoms. The summed E-state index contributed by atoms with van der Waals surface area (Å²) in [4.78, 5) is 21.1. The fourth-order valence-electron chi connectivity index (χ4n) is 1.88. The number of benzene rings is 1. The second-order valence-electron chi connectivity index (χ2n) is 4.83. The van der Waals surface area contributed by atoms with Gasteiger partial charge >= 0.3 is 11.9 Å². The van der Waals surface area contributed by atoms with E-state index in [0.29, 0.717) is 31.7 Å². The zero-order chi connectivity index (χ0) is 17.6. The molecule has 0 bridgehead atoms. The van der Waals surface area contributed by atoms with Crippen molar-refractivity contribution in [1.82, 2.24) is 9.62 Å². The summed E-state index contributed by atoms with van der Waals surface area (Å²) in [6, 6.07) is 4.01. The van der Waals surface area contributed by atoms with Crippen molar-refractivity contribution in [3.63, 3.8) is 0 Å². The van der Waals surface area contributed by atoms with Gasteiger partial charge in [0.2, 0.25) is 0 Å². The van der Waals surface area contributed by atoms with Crippen molar-refractivity contribution in [2.75, 3.05) is 26.2 Å². The van der Waals surface area contributed by atoms with Crippen molar-refractivity contribution in [3.8, 4) is 0 Å². The fourth-order valence-corrected chi connectivity index (χ4v) is 2.58. The van der Waals surface area contributed by atoms with Crippen LogP contribution in [0.2, 0.25) is 0 Å². The molecule has 10 heteroatoms. The summed E-state index contributed by atoms with van der Waals surface area (Å²) in [6.45, 7) is 3.97. The van der Waals surface area contributed by atoms with Gasteiger partial charge in [-0.1, -0.05) is 6.07 Å². The molecule has 128 valence electrons. The molecular formula is C13H19N3O6S. The second-order valence-corrected chi connectivity index (χ2v) is 6.38. The predicted molar refractivity (Wildman–Crippen MR) is 82.6 cm³/mol. The number of aromatic carboxylic acids is 2. The number of carbonyl (C=O) groups is 2. The van der Waals surface area contributed by atoms with Crippen LogP contribution in [0.4, 0.5) is 0 Å². The zero-order valence-electron chi connectivity index (χ0n) is 12.5. The second kappa shape index (κ2) is 8.02. The maximum atomic E-state index is 10.7. The minimum absolute atomic E-state index is 0.0111. The average molecular weight is 345 g/mol. The highest BCUT2D eigenvalue weighted by Gasteiger charge is 2.18. The smallest absolute Gasteiger partial charge is 0.335 e. The van der Waals surface area contributed by atoms with Crippen LogP contribution in [0, 0.1) is 6.92 Å². The van der Waals surface area contributed by atoms with Crippen LogP contribution in [0.5, 0.6) is 0 Å². The third-order valence-corrected chi connectivity index (χ3v) is 4.24. The van der Waals surface area contributed by atoms with Gasteiger partial charge in [0, 0.05) is 26.2 Å². The first-order chi connectivity index (χ1) is 10.6. The minimum atomic E-state index is -3.43. The molecule has 1 saturated heterocycles. The number of nitrogens with zero attached hydrogens (tertiary/aromatic N) is 1. The third kappa shape index (κ3) is 5.94. The van der Waals surface area contributed by atoms with Gasteiger partial charge < -0.3 is 15.5 Å². The molecule has 0 aromatic heterocycles. The number of piperazine rings is 1. The van der Waals surface area contributed by atoms with Crippen LogP contribution in [-0.2, 0) is 10.2 Å². The number of nitrogens with one attached hydrogen (secondary N) is 1. The topological polar surface area (TPSA) is 150 Å². The van der Waals surface area contributed by atoms with E-state index in [2.05, 4.69) is 5.32 Å². The molecular weight excluding hydrogens is 326 g/mol. The molecule has 0 aliphatic carbocycles. The highest BCUT2D eigenvalue weighted by molar-refractivity contribution is 7.86. The van der Waals surface area contributed by atoms with E-state index >= 15 is 0 Å². The van der Waals surface area contributed by atoms with Crippen LogP contribution >= 0.6 is 0 Å². The van der Waals surface area contributed by atoms with Crippen molar-refractivity contribution in [2.24, 2.45) is 5.14 Å². The molecule has 1 aliphatic rings. The van der Waals surface area contributed by atoms with E-state index in [1.54, 1.807) is 6.92 Å². The number of nitrogens with two attached hydrogens (primary N) is 1. The highest BCUT2D eigenvalue weighted by Crippen LogP contribution is 2.11. The summed E-state index contributed by atoms with van der Waals surface area (Å²) in [5.74, 6) is -2.23. The lowest BCUT2D eigenvalue weighted by atomic mass is 10.1. The van der Waals surface area contributed by atoms with Gasteiger partial charge in [-0.25, -0.2) is 14.7 Å². The van der Waals surface area contributed by atoms with E-state index in [0.717, 1.165) is 6.07 Å². The van der Waals surface area contributed by atoms with E-state index in [9.17, 15) is 18.0 Å². The van der Waals surface area contributed by atoms with E-state index in [4.69, 9.17) is 15.4 Å². The van der Waals surface area contributed by atoms with E-state index in [1.807, 2.05) is 0 Å². The lowest BCUT2D eigenvalue weighted by molar-refractivity contribution is 0.0695. The van der Waals surface area contributed by atoms with Crippen molar-refractivity contribution in [3.05, 3.63) is 34.9 Å². The quantitative estimate of drug-likeness (QED) is 0.576. The summed E-state index contributed by atoms with van der Waals surface area (Å²) in [5.41, 5.74) is 0.570. The Labute approximate surface area is 133 Å². The molecule has 1 aliphatic heterocycles. The van der Waals surface area contributed by atoms with Crippen LogP contribution in [0.15, 0.2) is 18.2 Å². The first kappa shape index (κ1) is 19.0. The molecule has 0 spiro atoms. The zero-order valence-corrected chi connectivity index (χ0v) is 13.3. The third-order valence-electron chi connectivity index (χ3n) is 3.15. The van der Waals surface area contributed by atoms with Gasteiger partial charge in [-0.15, -0.1) is 0 Å². The van der Waals surface area contributed by atoms with Gasteiger partial charge in [-0.3, -0.25) is 0 Å². The molecule has 1 heterocycles. The van der Waals surface area contributed by atoms with E-state index in [-0.39, 0.29) is 11.1 Å². The van der Waals surface area contributed by atoms with Gasteiger partial charge in [-0.05, 0) is 24.6 Å². The van der Waals surface area contributed by atoms with Crippen molar-refractivity contribution in [1.29, 1.82) is 0 Å². The Bertz CT molecular complexity index is 683. The van der Waals surface area contributed by atoms with Gasteiger partial charge in [0.25, 0.3) is 10.2 Å². The predicted octanol–water partition coefficient (Wildman–Crippen LogP) is -0.513. The van der Waals surface area contributed by atoms with Gasteiger partial charge in [0.05, 0.1) is 11.1 Å². The Morgan fingerprint density at radius 2 is 1.74 bits per heavy atom. The minimum Gasteiger partial charge on any atom is -0.478 e. The number of rotatable bonds is 3. The van der Waals surface area contributed by atoms with Crippen molar-refractivity contribution >= 4 is 22.1 Å². The molecule has 0 unspecified atom stereocenters. The van der Waals surface area contributed by atoms with Crippen LogP contribution < -0.4 is 10.5 Å². The van der Waals surface area contributed by atoms with Gasteiger partial charge in [0.1, 0.15) is 0 Å². The maximum Gasteiger partial charge on any atom is 0.335 e. The maximum absolute atomic E-state index is 10.7. The molecule has 2 rings (SSSR count). The van der Waals surface area contributed by atoms with Crippen LogP contribution in [0.3, 0.4) is 0 Å². The normalized spacial score (nSPS) is 15.4. The van der Waals surface area contributed by atoms with Gasteiger partial charge in [0.15, 0.2) is 0 Å². The standard InChI is InChI=1S/C9H8O4.C4H11N3O2S/c1-5-2-3-6(8(10)11)4-7(5)9(12)13;5-10(8,9)7-3-1-6-2-4-7/h2-4H,1H3,(H,10,11)(H,12,13);6H,1-4H2,(H2,5,8,9). The highest BCUT2D eigenvalue weighted by atomic mass is 32.2. The largest absolute Gasteiger partial charge is 0.478 e. The fraction of sp³-hybridized carbons (Fsp3) is 0.385. The van der Waals surface area contributed by atoms with E-state index in [1.165, 1.54) is 16.4 Å². The molecule has 1 fully saturated rings. The molecule has 1 aromatic carbocycles. The molecule has 0 saturated carbocycles. The number of hydrogen-bond acceptors (Lipinski definition) is 5. The lowest BCUT2D eigenvalue weighted by Crippen LogP contribution is -2.48. The first-order valence-corrected chi connectivity index (χ1v) is 8.19. The number of carboxylic acid groups (broad SMARTS) is 2. The number of hydrogen-bond donors (Lipinski definition) is 4. The SMILES string of the molecule is Cc1ccc(C(=O)O)cc1C(=O)O.NS(=O)(=O)N1CCNCC1. The van der Waals surface area contributed by atoms with Gasteiger partial charge in [-0.2, -0.15) is 12.7 Å². The molecule has 0 amide bonds. The Morgan fingerprint density at radius 1 is 1.17 bits per heavy atom. The van der Waals surface area contributed by atoms with E-state index < -0.39 is 22.1 Å². The molecule has 1 aromatic rings. The van der Waals surface area contributed by atoms with Crippen LogP contribution in [-0.4, -0.2) is 61.1 Å². The molecule has 0 radical (unpaired) electrons. The first-order valence-electron chi connectivity index (χ1n) is 6.68. The monoisotopic (exact) mass is 345 g/mol. The Morgan fingerprint density at radius 3 is 2.13 bits per heavy atom. The van der Waals surface area contributed by atoms with Crippen molar-refractivity contribution in [2.45, 2.75) is 6.92 Å². The Kier molecular flexibility index (Phi) is 6.63. The van der Waals surface area contributed by atoms with Crippen LogP contribution in [0.1, 0.15) is 26.3 Å². The molecule has 9 nitrogen and oxygen atoms in total. The lowest BCUT2D eigenvalue weighted by Gasteiger charge is -2.24. The summed E-state index contributed by atoms with van der Waals surface area (Å²) >= 11 is 0. The summed E-state index contributed by atoms with van der Waals surface area (Å²) < 4.78 is 22.6. The number of aryl methyl sites for hydroxylation is 1. The molecule has 0 atom stereocenters. The van der Waals surface area contributed by atoms with Crippen LogP contribution in [0.25, 0.3) is 0 Å². The van der Waals surface area contributed by atoms with Crippen molar-refractivity contribution < 1.29 is 28.2 Å². The summed E-state index contributed by atoms with van der Waals surface area (Å²) in [5, 5.41) is 25.2. The number of carboxylic acids is 2. The average Bonchev–Trinajstić information content (AvgIpc) is 2.48. The Balaban J connectivity index is 0.000000238. The summed E-state index contributed by atoms with van der Waals surface area (Å²) in [7, 11) is -3.43. The summed E-state index contributed by atoms with van der Waals surface area (Å²) in [6.07, 6.45) is 0. The Hall–Kier alpha value is -2.01.